The van der Waals surface area contributed by atoms with E-state index in [-0.39, 0.29) is 61.7 Å². The molecule has 2 aliphatic heterocycles. The summed E-state index contributed by atoms with van der Waals surface area (Å²) in [6.45, 7) is 9.18. The highest BCUT2D eigenvalue weighted by molar-refractivity contribution is 7.87. The Balaban J connectivity index is 1.03. The lowest BCUT2D eigenvalue weighted by Gasteiger charge is -2.26. The molecule has 2 fully saturated rings. The summed E-state index contributed by atoms with van der Waals surface area (Å²) < 4.78 is 112. The van der Waals surface area contributed by atoms with E-state index in [4.69, 9.17) is 4.74 Å². The lowest BCUT2D eigenvalue weighted by Crippen LogP contribution is -2.52. The van der Waals surface area contributed by atoms with Crippen LogP contribution in [0.1, 0.15) is 77.9 Å². The van der Waals surface area contributed by atoms with Crippen LogP contribution in [0.2, 0.25) is 0 Å². The Kier molecular flexibility index (Phi) is 25.4. The van der Waals surface area contributed by atoms with Gasteiger partial charge in [-0.3, -0.25) is 61.5 Å². The van der Waals surface area contributed by atoms with Gasteiger partial charge in [0.1, 0.15) is 22.1 Å². The molecule has 0 aliphatic carbocycles. The van der Waals surface area contributed by atoms with Crippen molar-refractivity contribution in [3.63, 3.8) is 0 Å². The molecular weight excluding hydrogens is 1280 g/mol. The number of carbonyl (C=O) groups excluding carboxylic acids is 6. The topological polar surface area (TPSA) is 429 Å². The summed E-state index contributed by atoms with van der Waals surface area (Å²) in [5, 5.41) is 1.77. The summed E-state index contributed by atoms with van der Waals surface area (Å²) in [5.74, 6) is 0.304. The predicted octanol–water partition coefficient (Wildman–Crippen LogP) is -0.307. The Morgan fingerprint density at radius 3 is 1.47 bits per heavy atom. The van der Waals surface area contributed by atoms with Gasteiger partial charge in [-0.15, -0.1) is 5.06 Å². The lowest BCUT2D eigenvalue weighted by atomic mass is 10.1. The SMILES string of the molecule is Cc1cc(CN2CCN(Cc3cc(C)cc(P(C)(=O)O)n3)CCN(Cc3cc(C#Cc4ccc(OCCCNC(=O)C(CNC(=O)C(CNC(=O)CCCC(=O)ON5C(=O)CCC5=O)S(=O)(=O)O)S(=O)(=O)O)cc4)cc(P(C)(=O)O)n3)CC2)nc(P(C)(=O)O)c1. The van der Waals surface area contributed by atoms with E-state index in [9.17, 15) is 83.1 Å². The maximum atomic E-state index is 13.2. The molecule has 2 aliphatic rings. The van der Waals surface area contributed by atoms with Crippen molar-refractivity contribution in [2.45, 2.75) is 82.5 Å². The zero-order valence-electron chi connectivity index (χ0n) is 50.0. The molecule has 1 aromatic carbocycles. The highest BCUT2D eigenvalue weighted by Crippen LogP contribution is 2.35. The summed E-state index contributed by atoms with van der Waals surface area (Å²) in [7, 11) is -21.7. The second-order valence-corrected chi connectivity index (χ2v) is 31.7. The van der Waals surface area contributed by atoms with Crippen LogP contribution in [0, 0.1) is 25.7 Å². The zero-order valence-corrected chi connectivity index (χ0v) is 54.3. The first-order valence-electron chi connectivity index (χ1n) is 28.1. The van der Waals surface area contributed by atoms with E-state index in [1.54, 1.807) is 42.5 Å². The summed E-state index contributed by atoms with van der Waals surface area (Å²) in [6, 6.07) is 16.7. The quantitative estimate of drug-likeness (QED) is 0.0125. The highest BCUT2D eigenvalue weighted by Gasteiger charge is 2.37. The van der Waals surface area contributed by atoms with Gasteiger partial charge >= 0.3 is 5.97 Å². The minimum Gasteiger partial charge on any atom is -0.494 e. The van der Waals surface area contributed by atoms with Crippen LogP contribution in [0.25, 0.3) is 0 Å². The van der Waals surface area contributed by atoms with Gasteiger partial charge in [0, 0.05) is 135 Å². The molecular formula is C55H73N10O20P3S2. The van der Waals surface area contributed by atoms with Crippen LogP contribution in [0.4, 0.5) is 0 Å². The molecule has 5 atom stereocenters. The number of pyridine rings is 3. The van der Waals surface area contributed by atoms with Gasteiger partial charge in [0.2, 0.25) is 39.8 Å². The van der Waals surface area contributed by atoms with Gasteiger partial charge in [-0.25, -0.2) is 19.7 Å². The van der Waals surface area contributed by atoms with E-state index in [2.05, 4.69) is 57.0 Å². The van der Waals surface area contributed by atoms with Crippen molar-refractivity contribution in [3.8, 4) is 17.6 Å². The highest BCUT2D eigenvalue weighted by atomic mass is 32.2. The summed E-state index contributed by atoms with van der Waals surface area (Å²) in [4.78, 5) is 130. The molecule has 5 amide bonds. The van der Waals surface area contributed by atoms with E-state index in [0.717, 1.165) is 11.1 Å². The monoisotopic (exact) mass is 1350 g/mol. The van der Waals surface area contributed by atoms with Crippen LogP contribution < -0.4 is 37.0 Å². The Morgan fingerprint density at radius 2 is 1.01 bits per heavy atom. The second kappa shape index (κ2) is 31.6. The molecule has 8 N–H and O–H groups in total. The Labute approximate surface area is 520 Å². The lowest BCUT2D eigenvalue weighted by molar-refractivity contribution is -0.197. The van der Waals surface area contributed by atoms with Crippen LogP contribution in [0.15, 0.2) is 60.7 Å². The van der Waals surface area contributed by atoms with Crippen LogP contribution in [0.3, 0.4) is 0 Å². The molecule has 6 rings (SSSR count). The molecule has 490 valence electrons. The number of hydroxylamine groups is 2. The first-order valence-corrected chi connectivity index (χ1v) is 37.4. The summed E-state index contributed by atoms with van der Waals surface area (Å²) >= 11 is 0. The number of ether oxygens (including phenoxy) is 1. The molecule has 2 saturated heterocycles. The number of nitrogens with one attached hydrogen (secondary N) is 3. The Morgan fingerprint density at radius 1 is 0.589 bits per heavy atom. The molecule has 3 aromatic heterocycles. The number of imide groups is 1. The van der Waals surface area contributed by atoms with Gasteiger partial charge in [-0.2, -0.15) is 16.8 Å². The van der Waals surface area contributed by atoms with Crippen molar-refractivity contribution < 1.29 is 92.7 Å². The van der Waals surface area contributed by atoms with Crippen molar-refractivity contribution in [2.75, 3.05) is 85.5 Å². The standard InChI is InChI=1S/C55H73N10O20P3S2/c1-37-26-41(59-48(28-37)86(3,72)73)34-62-19-20-63(35-42-27-38(2)29-49(60-42)87(4,74)75)22-24-64(23-21-62)36-43-30-40(31-50(61-43)88(5,76)77)11-10-39-12-14-44(15-13-39)84-25-7-18-56-54(70)46(90(81,82)83)33-58-55(71)45(89(78,79)80)32-57-47(66)8-6-9-53(69)85-65-51(67)16-17-52(65)68/h12-15,26-31,45-46H,6-9,16-25,32-36H2,1-5H3,(H,56,70)(H,57,66)(H,58,71)(H,72,73)(H,74,75)(H,76,77)(H,78,79,80)(H,81,82,83). The van der Waals surface area contributed by atoms with E-state index in [1.807, 2.05) is 31.3 Å². The van der Waals surface area contributed by atoms with Crippen molar-refractivity contribution in [1.29, 1.82) is 0 Å². The molecule has 30 nitrogen and oxygen atoms in total. The molecule has 4 aromatic rings. The summed E-state index contributed by atoms with van der Waals surface area (Å²) in [5.41, 5.74) is 4.41. The Hall–Kier alpha value is -6.68. The number of rotatable bonds is 27. The molecule has 0 spiro atoms. The fourth-order valence-corrected chi connectivity index (χ4v) is 12.6. The number of aromatic nitrogens is 3. The number of hydrogen-bond acceptors (Lipinski definition) is 21. The van der Waals surface area contributed by atoms with Gasteiger partial charge < -0.3 is 40.2 Å². The number of carbonyl (C=O) groups is 6. The van der Waals surface area contributed by atoms with Crippen LogP contribution in [-0.2, 0) is 87.2 Å². The predicted molar refractivity (Wildman–Crippen MR) is 327 cm³/mol. The van der Waals surface area contributed by atoms with Crippen molar-refractivity contribution in [1.82, 2.24) is 50.7 Å². The third kappa shape index (κ3) is 23.2. The second-order valence-electron chi connectivity index (χ2n) is 21.9. The minimum atomic E-state index is -5.26. The average Bonchev–Trinajstić information content (AvgIpc) is 1.95. The first-order chi connectivity index (χ1) is 42.0. The number of benzene rings is 1. The van der Waals surface area contributed by atoms with Crippen LogP contribution >= 0.6 is 22.1 Å². The summed E-state index contributed by atoms with van der Waals surface area (Å²) in [6.07, 6.45) is -1.26. The third-order valence-electron chi connectivity index (χ3n) is 13.8. The number of nitrogens with zero attached hydrogens (tertiary/aromatic N) is 7. The normalized spacial score (nSPS) is 17.4. The number of hydrogen-bond donors (Lipinski definition) is 8. The molecule has 90 heavy (non-hydrogen) atoms. The third-order valence-corrected chi connectivity index (χ3v) is 19.3. The Bertz CT molecular complexity index is 3680. The fourth-order valence-electron chi connectivity index (χ4n) is 9.14. The van der Waals surface area contributed by atoms with Gasteiger partial charge in [0.05, 0.1) is 23.7 Å². The van der Waals surface area contributed by atoms with Gasteiger partial charge in [-0.05, 0) is 98.5 Å². The number of aryl methyl sites for hydroxylation is 2. The average molecular weight is 1350 g/mol. The van der Waals surface area contributed by atoms with Crippen molar-refractivity contribution in [2.24, 2.45) is 0 Å². The van der Waals surface area contributed by atoms with Crippen LogP contribution in [0.5, 0.6) is 5.75 Å². The van der Waals surface area contributed by atoms with E-state index >= 15 is 0 Å². The van der Waals surface area contributed by atoms with E-state index < -0.39 is 114 Å². The van der Waals surface area contributed by atoms with Crippen molar-refractivity contribution >= 4 is 94.2 Å². The van der Waals surface area contributed by atoms with E-state index in [0.29, 0.717) is 91.4 Å². The smallest absolute Gasteiger partial charge is 0.333 e. The maximum absolute atomic E-state index is 13.2. The van der Waals surface area contributed by atoms with Crippen LogP contribution in [-0.4, -0.2) is 207 Å². The van der Waals surface area contributed by atoms with Gasteiger partial charge in [-0.1, -0.05) is 11.8 Å². The molecule has 5 heterocycles. The molecule has 35 heteroatoms. The maximum Gasteiger partial charge on any atom is 0.333 e. The van der Waals surface area contributed by atoms with Gasteiger partial charge in [0.25, 0.3) is 32.1 Å². The zero-order chi connectivity index (χ0) is 66.4. The molecule has 0 bridgehead atoms. The van der Waals surface area contributed by atoms with Crippen molar-refractivity contribution in [3.05, 3.63) is 100.0 Å². The fraction of sp³-hybridized carbons (Fsp3) is 0.473. The first kappa shape index (κ1) is 72.4. The molecule has 0 saturated carbocycles. The number of amides is 5. The largest absolute Gasteiger partial charge is 0.494 e. The van der Waals surface area contributed by atoms with Gasteiger partial charge in [0.15, 0.2) is 10.5 Å². The molecule has 5 unspecified atom stereocenters. The minimum absolute atomic E-state index is 0.0179. The van der Waals surface area contributed by atoms with E-state index in [1.165, 1.54) is 26.1 Å². The molecule has 0 radical (unpaired) electrons.